The molecular weight excluding hydrogens is 390 g/mol. The molecule has 0 aromatic heterocycles. The lowest BCUT2D eigenvalue weighted by Crippen LogP contribution is -2.41. The second kappa shape index (κ2) is 9.77. The van der Waals surface area contributed by atoms with Crippen LogP contribution in [-0.4, -0.2) is 17.7 Å². The average molecular weight is 422 g/mol. The molecule has 1 saturated carbocycles. The highest BCUT2D eigenvalue weighted by Crippen LogP contribution is 2.25. The normalized spacial score (nSPS) is 14.5. The van der Waals surface area contributed by atoms with E-state index in [1.54, 1.807) is 36.4 Å². The predicted molar refractivity (Wildman–Crippen MR) is 122 cm³/mol. The van der Waals surface area contributed by atoms with Crippen LogP contribution in [0.1, 0.15) is 79.2 Å². The van der Waals surface area contributed by atoms with Crippen LogP contribution in [-0.2, 0) is 10.2 Å². The molecule has 3 amide bonds. The number of carbonyl (C=O) groups excluding carboxylic acids is 3. The summed E-state index contributed by atoms with van der Waals surface area (Å²) in [4.78, 5) is 37.0. The number of carbonyl (C=O) groups is 3. The molecule has 6 heteroatoms. The number of nitrogens with one attached hydrogen (secondary N) is 3. The summed E-state index contributed by atoms with van der Waals surface area (Å²) in [5.41, 5.74) is 7.52. The van der Waals surface area contributed by atoms with Crippen LogP contribution in [0.4, 0.5) is 5.69 Å². The maximum atomic E-state index is 12.3. The topological polar surface area (TPSA) is 87.3 Å². The second-order valence-electron chi connectivity index (χ2n) is 9.14. The number of hydrogen-bond donors (Lipinski definition) is 3. The zero-order valence-corrected chi connectivity index (χ0v) is 18.5. The minimum atomic E-state index is -0.426. The molecule has 3 N–H and O–H groups in total. The molecule has 164 valence electrons. The van der Waals surface area contributed by atoms with E-state index in [0.717, 1.165) is 31.2 Å². The molecule has 6 nitrogen and oxygen atoms in total. The molecule has 31 heavy (non-hydrogen) atoms. The van der Waals surface area contributed by atoms with Gasteiger partial charge in [-0.1, -0.05) is 52.2 Å². The first kappa shape index (κ1) is 22.5. The van der Waals surface area contributed by atoms with Gasteiger partial charge < -0.3 is 5.32 Å². The highest BCUT2D eigenvalue weighted by Gasteiger charge is 2.21. The van der Waals surface area contributed by atoms with Gasteiger partial charge in [0.2, 0.25) is 5.91 Å². The Morgan fingerprint density at radius 1 is 0.742 bits per heavy atom. The van der Waals surface area contributed by atoms with Gasteiger partial charge in [0, 0.05) is 22.7 Å². The van der Waals surface area contributed by atoms with Gasteiger partial charge in [-0.3, -0.25) is 25.2 Å². The predicted octanol–water partition coefficient (Wildman–Crippen LogP) is 4.58. The van der Waals surface area contributed by atoms with Gasteiger partial charge in [0.15, 0.2) is 0 Å². The molecule has 0 saturated heterocycles. The molecule has 0 spiro atoms. The van der Waals surface area contributed by atoms with Gasteiger partial charge >= 0.3 is 0 Å². The molecule has 3 rings (SSSR count). The average Bonchev–Trinajstić information content (AvgIpc) is 2.78. The fraction of sp³-hybridized carbons (Fsp3) is 0.400. The maximum absolute atomic E-state index is 12.3. The summed E-state index contributed by atoms with van der Waals surface area (Å²) in [5.74, 6) is -0.693. The first-order valence-corrected chi connectivity index (χ1v) is 10.9. The zero-order valence-electron chi connectivity index (χ0n) is 18.5. The van der Waals surface area contributed by atoms with Crippen LogP contribution in [0.25, 0.3) is 0 Å². The van der Waals surface area contributed by atoms with Crippen molar-refractivity contribution in [2.45, 2.75) is 58.3 Å². The van der Waals surface area contributed by atoms with Gasteiger partial charge in [0.05, 0.1) is 0 Å². The van der Waals surface area contributed by atoms with Crippen LogP contribution in [0.3, 0.4) is 0 Å². The van der Waals surface area contributed by atoms with Crippen LogP contribution in [0.5, 0.6) is 0 Å². The van der Waals surface area contributed by atoms with Gasteiger partial charge in [-0.2, -0.15) is 0 Å². The fourth-order valence-corrected chi connectivity index (χ4v) is 3.69. The van der Waals surface area contributed by atoms with Crippen molar-refractivity contribution >= 4 is 23.4 Å². The zero-order chi connectivity index (χ0) is 22.4. The van der Waals surface area contributed by atoms with E-state index < -0.39 is 5.91 Å². The molecule has 0 radical (unpaired) electrons. The van der Waals surface area contributed by atoms with Crippen LogP contribution in [0, 0.1) is 5.92 Å². The lowest BCUT2D eigenvalue weighted by Gasteiger charge is -2.20. The van der Waals surface area contributed by atoms with Crippen molar-refractivity contribution in [2.24, 2.45) is 5.92 Å². The molecule has 1 aliphatic rings. The Balaban J connectivity index is 1.51. The third-order valence-electron chi connectivity index (χ3n) is 5.69. The van der Waals surface area contributed by atoms with Gasteiger partial charge in [-0.15, -0.1) is 0 Å². The van der Waals surface area contributed by atoms with E-state index in [9.17, 15) is 14.4 Å². The van der Waals surface area contributed by atoms with E-state index in [4.69, 9.17) is 0 Å². The minimum Gasteiger partial charge on any atom is -0.326 e. The van der Waals surface area contributed by atoms with Gasteiger partial charge in [-0.25, -0.2) is 0 Å². The number of anilines is 1. The third-order valence-corrected chi connectivity index (χ3v) is 5.69. The maximum Gasteiger partial charge on any atom is 0.269 e. The molecule has 0 bridgehead atoms. The van der Waals surface area contributed by atoms with E-state index in [-0.39, 0.29) is 23.1 Å². The molecule has 0 heterocycles. The molecular formula is C25H31N3O3. The number of hydrogen-bond acceptors (Lipinski definition) is 3. The Morgan fingerprint density at radius 3 is 1.71 bits per heavy atom. The lowest BCUT2D eigenvalue weighted by molar-refractivity contribution is -0.120. The first-order valence-electron chi connectivity index (χ1n) is 10.9. The summed E-state index contributed by atoms with van der Waals surface area (Å²) < 4.78 is 0. The molecule has 0 atom stereocenters. The first-order chi connectivity index (χ1) is 14.7. The minimum absolute atomic E-state index is 0.00522. The Kier molecular flexibility index (Phi) is 7.10. The number of benzene rings is 2. The monoisotopic (exact) mass is 421 g/mol. The van der Waals surface area contributed by atoms with Crippen molar-refractivity contribution in [2.75, 3.05) is 5.32 Å². The van der Waals surface area contributed by atoms with Gasteiger partial charge in [0.25, 0.3) is 11.8 Å². The summed E-state index contributed by atoms with van der Waals surface area (Å²) >= 11 is 0. The smallest absolute Gasteiger partial charge is 0.269 e. The second-order valence-corrected chi connectivity index (χ2v) is 9.14. The summed E-state index contributed by atoms with van der Waals surface area (Å²) in [6.07, 6.45) is 5.27. The molecule has 1 fully saturated rings. The quantitative estimate of drug-likeness (QED) is 0.632. The Bertz CT molecular complexity index is 922. The number of rotatable bonds is 4. The summed E-state index contributed by atoms with van der Waals surface area (Å²) in [5, 5.41) is 2.92. The highest BCUT2D eigenvalue weighted by atomic mass is 16.2. The molecule has 0 aliphatic heterocycles. The van der Waals surface area contributed by atoms with Crippen LogP contribution < -0.4 is 16.2 Å². The Labute approximate surface area is 183 Å². The van der Waals surface area contributed by atoms with E-state index in [1.807, 2.05) is 12.1 Å². The van der Waals surface area contributed by atoms with Crippen molar-refractivity contribution in [1.29, 1.82) is 0 Å². The Morgan fingerprint density at radius 2 is 1.23 bits per heavy atom. The van der Waals surface area contributed by atoms with Crippen molar-refractivity contribution in [3.8, 4) is 0 Å². The van der Waals surface area contributed by atoms with Crippen LogP contribution in [0.2, 0.25) is 0 Å². The standard InChI is InChI=1S/C25H31N3O3/c1-25(2,3)20-13-9-18(10-14-20)23(30)27-28-24(31)19-11-15-21(16-12-19)26-22(29)17-7-5-4-6-8-17/h9-17H,4-8H2,1-3H3,(H,26,29)(H,27,30)(H,28,31). The summed E-state index contributed by atoms with van der Waals surface area (Å²) in [6, 6.07) is 13.9. The van der Waals surface area contributed by atoms with E-state index in [2.05, 4.69) is 36.9 Å². The third kappa shape index (κ3) is 6.17. The van der Waals surface area contributed by atoms with Crippen LogP contribution in [0.15, 0.2) is 48.5 Å². The summed E-state index contributed by atoms with van der Waals surface area (Å²) in [6.45, 7) is 6.32. The van der Waals surface area contributed by atoms with Crippen molar-refractivity contribution in [3.05, 3.63) is 65.2 Å². The van der Waals surface area contributed by atoms with E-state index >= 15 is 0 Å². The SMILES string of the molecule is CC(C)(C)c1ccc(C(=O)NNC(=O)c2ccc(NC(=O)C3CCCCC3)cc2)cc1. The molecule has 1 aliphatic carbocycles. The van der Waals surface area contributed by atoms with Gasteiger partial charge in [-0.05, 0) is 60.2 Å². The van der Waals surface area contributed by atoms with Crippen molar-refractivity contribution in [1.82, 2.24) is 10.9 Å². The van der Waals surface area contributed by atoms with Crippen molar-refractivity contribution in [3.63, 3.8) is 0 Å². The molecule has 0 unspecified atom stereocenters. The lowest BCUT2D eigenvalue weighted by atomic mass is 9.87. The Hall–Kier alpha value is -3.15. The largest absolute Gasteiger partial charge is 0.326 e. The fourth-order valence-electron chi connectivity index (χ4n) is 3.69. The number of amides is 3. The summed E-state index contributed by atoms with van der Waals surface area (Å²) in [7, 11) is 0. The number of hydrazine groups is 1. The van der Waals surface area contributed by atoms with E-state index in [1.165, 1.54) is 6.42 Å². The molecule has 2 aromatic carbocycles. The molecule has 2 aromatic rings. The van der Waals surface area contributed by atoms with Crippen LogP contribution >= 0.6 is 0 Å². The van der Waals surface area contributed by atoms with Crippen molar-refractivity contribution < 1.29 is 14.4 Å². The van der Waals surface area contributed by atoms with Gasteiger partial charge in [0.1, 0.15) is 0 Å². The van der Waals surface area contributed by atoms with E-state index in [0.29, 0.717) is 16.8 Å². The highest BCUT2D eigenvalue weighted by molar-refractivity contribution is 5.99.